The Labute approximate surface area is 64.3 Å². The predicted molar refractivity (Wildman–Crippen MR) is 36.7 cm³/mol. The number of hydrogen-bond acceptors (Lipinski definition) is 4. The highest BCUT2D eigenvalue weighted by Crippen LogP contribution is 1.85. The second kappa shape index (κ2) is 5.67. The van der Waals surface area contributed by atoms with Crippen LogP contribution in [-0.2, 0) is 14.3 Å². The first-order chi connectivity index (χ1) is 5.22. The molecule has 0 fully saturated rings. The van der Waals surface area contributed by atoms with E-state index >= 15 is 0 Å². The van der Waals surface area contributed by atoms with Gasteiger partial charge in [-0.25, -0.2) is 4.79 Å². The van der Waals surface area contributed by atoms with E-state index in [0.29, 0.717) is 6.41 Å². The minimum absolute atomic E-state index is 0.109. The van der Waals surface area contributed by atoms with Crippen molar-refractivity contribution >= 4 is 12.4 Å². The van der Waals surface area contributed by atoms with E-state index in [4.69, 9.17) is 5.11 Å². The van der Waals surface area contributed by atoms with Gasteiger partial charge in [-0.15, -0.1) is 0 Å². The number of esters is 1. The van der Waals surface area contributed by atoms with Crippen molar-refractivity contribution in [3.8, 4) is 0 Å². The molecule has 0 aromatic heterocycles. The molecule has 1 unspecified atom stereocenters. The number of aliphatic hydroxyl groups is 1. The van der Waals surface area contributed by atoms with Crippen molar-refractivity contribution in [2.45, 2.75) is 13.0 Å². The fourth-order valence-corrected chi connectivity index (χ4v) is 0.482. The minimum atomic E-state index is -1.26. The minimum Gasteiger partial charge on any atom is -0.464 e. The summed E-state index contributed by atoms with van der Waals surface area (Å²) >= 11 is 0. The van der Waals surface area contributed by atoms with E-state index in [2.05, 4.69) is 10.1 Å². The lowest BCUT2D eigenvalue weighted by atomic mass is 10.3. The highest BCUT2D eigenvalue weighted by Gasteiger charge is 2.14. The van der Waals surface area contributed by atoms with E-state index < -0.39 is 12.1 Å². The van der Waals surface area contributed by atoms with E-state index in [-0.39, 0.29) is 13.2 Å². The van der Waals surface area contributed by atoms with Crippen molar-refractivity contribution in [3.63, 3.8) is 0 Å². The Morgan fingerprint density at radius 3 is 2.91 bits per heavy atom. The van der Waals surface area contributed by atoms with Gasteiger partial charge in [-0.05, 0) is 6.92 Å². The fourth-order valence-electron chi connectivity index (χ4n) is 0.482. The summed E-state index contributed by atoms with van der Waals surface area (Å²) < 4.78 is 4.46. The van der Waals surface area contributed by atoms with Crippen molar-refractivity contribution < 1.29 is 19.4 Å². The lowest BCUT2D eigenvalue weighted by Crippen LogP contribution is -2.33. The number of carbonyl (C=O) groups is 2. The Hall–Kier alpha value is -1.10. The molecular formula is C6H11NO4. The molecule has 1 amide bonds. The summed E-state index contributed by atoms with van der Waals surface area (Å²) in [5.74, 6) is -0.721. The molecule has 0 radical (unpaired) electrons. The van der Waals surface area contributed by atoms with Crippen molar-refractivity contribution in [3.05, 3.63) is 0 Å². The van der Waals surface area contributed by atoms with Gasteiger partial charge < -0.3 is 15.2 Å². The summed E-state index contributed by atoms with van der Waals surface area (Å²) in [6.45, 7) is 1.75. The van der Waals surface area contributed by atoms with Crippen LogP contribution < -0.4 is 5.32 Å². The zero-order valence-electron chi connectivity index (χ0n) is 6.24. The van der Waals surface area contributed by atoms with Crippen molar-refractivity contribution in [2.75, 3.05) is 13.2 Å². The van der Waals surface area contributed by atoms with Gasteiger partial charge in [0, 0.05) is 0 Å². The first-order valence-electron chi connectivity index (χ1n) is 3.24. The molecule has 0 aliphatic rings. The third-order valence-corrected chi connectivity index (χ3v) is 0.953. The fraction of sp³-hybridized carbons (Fsp3) is 0.667. The Kier molecular flexibility index (Phi) is 5.10. The second-order valence-electron chi connectivity index (χ2n) is 1.79. The summed E-state index contributed by atoms with van der Waals surface area (Å²) in [5, 5.41) is 11.0. The molecule has 64 valence electrons. The normalized spacial score (nSPS) is 11.8. The SMILES string of the molecule is CCOC(=O)C(O)CNC=O. The van der Waals surface area contributed by atoms with Gasteiger partial charge >= 0.3 is 5.97 Å². The Bertz CT molecular complexity index is 137. The quantitative estimate of drug-likeness (QED) is 0.386. The maximum Gasteiger partial charge on any atom is 0.336 e. The van der Waals surface area contributed by atoms with Gasteiger partial charge in [0.1, 0.15) is 0 Å². The van der Waals surface area contributed by atoms with Crippen LogP contribution in [0.3, 0.4) is 0 Å². The van der Waals surface area contributed by atoms with Crippen LogP contribution in [0.4, 0.5) is 0 Å². The molecule has 0 rings (SSSR count). The number of carbonyl (C=O) groups excluding carboxylic acids is 2. The highest BCUT2D eigenvalue weighted by atomic mass is 16.5. The van der Waals surface area contributed by atoms with E-state index in [1.165, 1.54) is 0 Å². The zero-order valence-corrected chi connectivity index (χ0v) is 6.24. The lowest BCUT2D eigenvalue weighted by molar-refractivity contribution is -0.152. The largest absolute Gasteiger partial charge is 0.464 e. The van der Waals surface area contributed by atoms with Crippen molar-refractivity contribution in [1.82, 2.24) is 5.32 Å². The summed E-state index contributed by atoms with van der Waals surface area (Å²) in [7, 11) is 0. The molecule has 0 aromatic rings. The number of aliphatic hydroxyl groups excluding tert-OH is 1. The van der Waals surface area contributed by atoms with Crippen LogP contribution in [0.25, 0.3) is 0 Å². The van der Waals surface area contributed by atoms with Gasteiger partial charge in [0.2, 0.25) is 6.41 Å². The van der Waals surface area contributed by atoms with E-state index in [0.717, 1.165) is 0 Å². The highest BCUT2D eigenvalue weighted by molar-refractivity contribution is 5.74. The van der Waals surface area contributed by atoms with E-state index in [9.17, 15) is 9.59 Å². The molecule has 11 heavy (non-hydrogen) atoms. The zero-order chi connectivity index (χ0) is 8.69. The third kappa shape index (κ3) is 4.32. The Morgan fingerprint density at radius 1 is 1.82 bits per heavy atom. The van der Waals surface area contributed by atoms with Crippen LogP contribution in [0, 0.1) is 0 Å². The lowest BCUT2D eigenvalue weighted by Gasteiger charge is -2.07. The molecule has 0 aliphatic carbocycles. The summed E-state index contributed by atoms with van der Waals surface area (Å²) in [6, 6.07) is 0. The Balaban J connectivity index is 3.54. The summed E-state index contributed by atoms with van der Waals surface area (Å²) in [5.41, 5.74) is 0. The number of nitrogens with one attached hydrogen (secondary N) is 1. The van der Waals surface area contributed by atoms with Crippen LogP contribution in [-0.4, -0.2) is 36.7 Å². The summed E-state index contributed by atoms with van der Waals surface area (Å²) in [4.78, 5) is 20.3. The average molecular weight is 161 g/mol. The predicted octanol–water partition coefficient (Wildman–Crippen LogP) is -1.34. The van der Waals surface area contributed by atoms with Gasteiger partial charge in [0.25, 0.3) is 0 Å². The molecule has 0 aliphatic heterocycles. The Morgan fingerprint density at radius 2 is 2.45 bits per heavy atom. The molecule has 0 bridgehead atoms. The monoisotopic (exact) mass is 161 g/mol. The molecule has 0 saturated heterocycles. The molecule has 0 saturated carbocycles. The maximum atomic E-state index is 10.6. The molecule has 1 atom stereocenters. The number of hydrogen-bond donors (Lipinski definition) is 2. The van der Waals surface area contributed by atoms with Crippen LogP contribution in [0.15, 0.2) is 0 Å². The first-order valence-corrected chi connectivity index (χ1v) is 3.24. The third-order valence-electron chi connectivity index (χ3n) is 0.953. The van der Waals surface area contributed by atoms with Crippen LogP contribution >= 0.6 is 0 Å². The number of ether oxygens (including phenoxy) is 1. The number of rotatable bonds is 5. The summed E-state index contributed by atoms with van der Waals surface area (Å²) in [6.07, 6.45) is -0.859. The van der Waals surface area contributed by atoms with Gasteiger partial charge in [-0.1, -0.05) is 0 Å². The first kappa shape index (κ1) is 9.90. The van der Waals surface area contributed by atoms with Crippen molar-refractivity contribution in [2.24, 2.45) is 0 Å². The molecule has 0 spiro atoms. The molecule has 5 nitrogen and oxygen atoms in total. The molecule has 0 heterocycles. The van der Waals surface area contributed by atoms with Crippen LogP contribution in [0.5, 0.6) is 0 Å². The van der Waals surface area contributed by atoms with Crippen LogP contribution in [0.2, 0.25) is 0 Å². The molecule has 2 N–H and O–H groups in total. The topological polar surface area (TPSA) is 75.6 Å². The number of amides is 1. The average Bonchev–Trinajstić information content (AvgIpc) is 2.00. The van der Waals surface area contributed by atoms with Gasteiger partial charge in [0.15, 0.2) is 6.10 Å². The molecular weight excluding hydrogens is 150 g/mol. The van der Waals surface area contributed by atoms with Crippen molar-refractivity contribution in [1.29, 1.82) is 0 Å². The van der Waals surface area contributed by atoms with Gasteiger partial charge in [-0.3, -0.25) is 4.79 Å². The molecule has 5 heteroatoms. The van der Waals surface area contributed by atoms with Gasteiger partial charge in [0.05, 0.1) is 13.2 Å². The second-order valence-corrected chi connectivity index (χ2v) is 1.79. The standard InChI is InChI=1S/C6H11NO4/c1-2-11-6(10)5(9)3-7-4-8/h4-5,9H,2-3H2,1H3,(H,7,8). The van der Waals surface area contributed by atoms with Crippen LogP contribution in [0.1, 0.15) is 6.92 Å². The molecule has 0 aromatic carbocycles. The van der Waals surface area contributed by atoms with Gasteiger partial charge in [-0.2, -0.15) is 0 Å². The van der Waals surface area contributed by atoms with E-state index in [1.54, 1.807) is 6.92 Å². The van der Waals surface area contributed by atoms with E-state index in [1.807, 2.05) is 0 Å². The maximum absolute atomic E-state index is 10.6. The smallest absolute Gasteiger partial charge is 0.336 e.